The number of hydrogen-bond donors (Lipinski definition) is 1. The molecule has 1 atom stereocenters. The van der Waals surface area contributed by atoms with Gasteiger partial charge in [-0.3, -0.25) is 4.99 Å². The summed E-state index contributed by atoms with van der Waals surface area (Å²) in [6.45, 7) is 7.63. The van der Waals surface area contributed by atoms with E-state index in [1.165, 1.54) is 22.4 Å². The highest BCUT2D eigenvalue weighted by Crippen LogP contribution is 2.37. The summed E-state index contributed by atoms with van der Waals surface area (Å²) in [5, 5.41) is 3.51. The minimum Gasteiger partial charge on any atom is -0.364 e. The number of nitrogens with one attached hydrogen (secondary N) is 1. The fourth-order valence-corrected chi connectivity index (χ4v) is 3.68. The Labute approximate surface area is 144 Å². The molecule has 0 aromatic heterocycles. The number of benzene rings is 2. The van der Waals surface area contributed by atoms with E-state index < -0.39 is 0 Å². The van der Waals surface area contributed by atoms with Crippen LogP contribution in [0.4, 0.5) is 11.4 Å². The van der Waals surface area contributed by atoms with Crippen LogP contribution in [-0.2, 0) is 0 Å². The lowest BCUT2D eigenvalue weighted by Gasteiger charge is -2.37. The standard InChI is InChI=1S/C21H25N3/c1-15(2)16-4-3-5-17(12-16)18-6-7-20-21(13-18)24-11-10-22-14-19(24)8-9-23-20/h3-7,9,12-13,15,19,22H,8,10-11,14H2,1-2H3. The second-order valence-corrected chi connectivity index (χ2v) is 7.08. The van der Waals surface area contributed by atoms with Gasteiger partial charge >= 0.3 is 0 Å². The van der Waals surface area contributed by atoms with E-state index in [1.54, 1.807) is 0 Å². The predicted molar refractivity (Wildman–Crippen MR) is 103 cm³/mol. The van der Waals surface area contributed by atoms with E-state index in [0.717, 1.165) is 31.7 Å². The third-order valence-corrected chi connectivity index (χ3v) is 5.13. The van der Waals surface area contributed by atoms with Crippen molar-refractivity contribution in [2.45, 2.75) is 32.2 Å². The van der Waals surface area contributed by atoms with Crippen LogP contribution in [0.5, 0.6) is 0 Å². The maximum absolute atomic E-state index is 4.70. The topological polar surface area (TPSA) is 27.6 Å². The number of hydrogen-bond acceptors (Lipinski definition) is 3. The lowest BCUT2D eigenvalue weighted by Crippen LogP contribution is -2.51. The van der Waals surface area contributed by atoms with Gasteiger partial charge in [0.15, 0.2) is 0 Å². The average Bonchev–Trinajstić information content (AvgIpc) is 2.80. The smallest absolute Gasteiger partial charge is 0.0859 e. The van der Waals surface area contributed by atoms with Gasteiger partial charge in [0.05, 0.1) is 11.4 Å². The molecule has 0 saturated carbocycles. The van der Waals surface area contributed by atoms with Crippen LogP contribution in [0, 0.1) is 0 Å². The van der Waals surface area contributed by atoms with Gasteiger partial charge in [-0.1, -0.05) is 44.2 Å². The van der Waals surface area contributed by atoms with Crippen molar-refractivity contribution in [2.75, 3.05) is 24.5 Å². The van der Waals surface area contributed by atoms with Crippen molar-refractivity contribution in [3.63, 3.8) is 0 Å². The first kappa shape index (κ1) is 15.4. The van der Waals surface area contributed by atoms with Crippen LogP contribution < -0.4 is 10.2 Å². The first-order valence-electron chi connectivity index (χ1n) is 8.96. The molecule has 1 unspecified atom stereocenters. The Hall–Kier alpha value is -2.13. The summed E-state index contributed by atoms with van der Waals surface area (Å²) >= 11 is 0. The van der Waals surface area contributed by atoms with Crippen molar-refractivity contribution < 1.29 is 0 Å². The lowest BCUT2D eigenvalue weighted by molar-refractivity contribution is 0.489. The maximum atomic E-state index is 4.70. The molecular formula is C21H25N3. The van der Waals surface area contributed by atoms with Crippen molar-refractivity contribution in [2.24, 2.45) is 4.99 Å². The first-order valence-corrected chi connectivity index (χ1v) is 8.96. The molecule has 0 amide bonds. The van der Waals surface area contributed by atoms with E-state index in [2.05, 4.69) is 72.7 Å². The number of rotatable bonds is 2. The minimum atomic E-state index is 0.515. The predicted octanol–water partition coefficient (Wildman–Crippen LogP) is 4.36. The number of aliphatic imine (C=N–C) groups is 1. The molecule has 24 heavy (non-hydrogen) atoms. The number of piperazine rings is 1. The van der Waals surface area contributed by atoms with Gasteiger partial charge in [-0.15, -0.1) is 0 Å². The van der Waals surface area contributed by atoms with Gasteiger partial charge in [0.1, 0.15) is 0 Å². The second kappa shape index (κ2) is 6.40. The largest absolute Gasteiger partial charge is 0.364 e. The van der Waals surface area contributed by atoms with Crippen LogP contribution in [0.25, 0.3) is 11.1 Å². The summed E-state index contributed by atoms with van der Waals surface area (Å²) in [6.07, 6.45) is 3.09. The van der Waals surface area contributed by atoms with E-state index in [9.17, 15) is 0 Å². The molecule has 3 nitrogen and oxygen atoms in total. The van der Waals surface area contributed by atoms with Gasteiger partial charge in [-0.05, 0) is 34.7 Å². The lowest BCUT2D eigenvalue weighted by atomic mass is 9.96. The minimum absolute atomic E-state index is 0.515. The highest BCUT2D eigenvalue weighted by Gasteiger charge is 2.25. The third kappa shape index (κ3) is 2.84. The molecule has 3 heteroatoms. The molecule has 2 aliphatic heterocycles. The summed E-state index contributed by atoms with van der Waals surface area (Å²) in [5.41, 5.74) is 6.35. The van der Waals surface area contributed by atoms with Gasteiger partial charge in [0.25, 0.3) is 0 Å². The quantitative estimate of drug-likeness (QED) is 0.890. The summed E-state index contributed by atoms with van der Waals surface area (Å²) in [7, 11) is 0. The Morgan fingerprint density at radius 3 is 2.88 bits per heavy atom. The Balaban J connectivity index is 1.76. The summed E-state index contributed by atoms with van der Waals surface area (Å²) in [5.74, 6) is 0.549. The molecule has 2 aromatic rings. The zero-order valence-electron chi connectivity index (χ0n) is 14.5. The molecule has 0 bridgehead atoms. The van der Waals surface area contributed by atoms with Gasteiger partial charge in [0, 0.05) is 38.3 Å². The Morgan fingerprint density at radius 2 is 2.00 bits per heavy atom. The van der Waals surface area contributed by atoms with Crippen molar-refractivity contribution in [3.8, 4) is 11.1 Å². The van der Waals surface area contributed by atoms with Gasteiger partial charge in [0.2, 0.25) is 0 Å². The molecular weight excluding hydrogens is 294 g/mol. The van der Waals surface area contributed by atoms with E-state index in [-0.39, 0.29) is 0 Å². The van der Waals surface area contributed by atoms with E-state index in [0.29, 0.717) is 12.0 Å². The number of nitrogens with zero attached hydrogens (tertiary/aromatic N) is 2. The van der Waals surface area contributed by atoms with Crippen LogP contribution >= 0.6 is 0 Å². The molecule has 2 aromatic carbocycles. The average molecular weight is 319 g/mol. The van der Waals surface area contributed by atoms with Crippen molar-refractivity contribution in [3.05, 3.63) is 48.0 Å². The van der Waals surface area contributed by atoms with E-state index >= 15 is 0 Å². The van der Waals surface area contributed by atoms with Crippen molar-refractivity contribution >= 4 is 17.6 Å². The molecule has 4 rings (SSSR count). The second-order valence-electron chi connectivity index (χ2n) is 7.08. The summed E-state index contributed by atoms with van der Waals surface area (Å²) in [4.78, 5) is 7.23. The monoisotopic (exact) mass is 319 g/mol. The van der Waals surface area contributed by atoms with Gasteiger partial charge < -0.3 is 10.2 Å². The van der Waals surface area contributed by atoms with E-state index in [4.69, 9.17) is 4.99 Å². The molecule has 124 valence electrons. The SMILES string of the molecule is CC(C)c1cccc(-c2ccc3c(c2)N2CCNCC2CC=N3)c1. The van der Waals surface area contributed by atoms with Crippen LogP contribution in [0.2, 0.25) is 0 Å². The van der Waals surface area contributed by atoms with Gasteiger partial charge in [-0.2, -0.15) is 0 Å². The van der Waals surface area contributed by atoms with Crippen LogP contribution in [0.1, 0.15) is 31.7 Å². The summed E-state index contributed by atoms with van der Waals surface area (Å²) < 4.78 is 0. The van der Waals surface area contributed by atoms with E-state index in [1.807, 2.05) is 0 Å². The normalized spacial score (nSPS) is 19.8. The molecule has 1 N–H and O–H groups in total. The van der Waals surface area contributed by atoms with Crippen molar-refractivity contribution in [1.82, 2.24) is 5.32 Å². The molecule has 0 aliphatic carbocycles. The Kier molecular flexibility index (Phi) is 4.11. The molecule has 0 spiro atoms. The van der Waals surface area contributed by atoms with Crippen molar-refractivity contribution in [1.29, 1.82) is 0 Å². The highest BCUT2D eigenvalue weighted by molar-refractivity contribution is 5.82. The van der Waals surface area contributed by atoms with Crippen LogP contribution in [0.15, 0.2) is 47.5 Å². The zero-order valence-corrected chi connectivity index (χ0v) is 14.5. The number of fused-ring (bicyclic) bond motifs is 3. The molecule has 2 aliphatic rings. The fraction of sp³-hybridized carbons (Fsp3) is 0.381. The fourth-order valence-electron chi connectivity index (χ4n) is 3.68. The Bertz CT molecular complexity index is 763. The molecule has 1 saturated heterocycles. The third-order valence-electron chi connectivity index (χ3n) is 5.13. The van der Waals surface area contributed by atoms with Crippen LogP contribution in [-0.4, -0.2) is 31.9 Å². The molecule has 0 radical (unpaired) electrons. The Morgan fingerprint density at radius 1 is 1.12 bits per heavy atom. The maximum Gasteiger partial charge on any atom is 0.0859 e. The molecule has 2 heterocycles. The zero-order chi connectivity index (χ0) is 16.5. The van der Waals surface area contributed by atoms with Crippen LogP contribution in [0.3, 0.4) is 0 Å². The highest BCUT2D eigenvalue weighted by atomic mass is 15.2. The molecule has 1 fully saturated rings. The summed E-state index contributed by atoms with van der Waals surface area (Å²) in [6, 6.07) is 16.1. The first-order chi connectivity index (χ1) is 11.7. The number of anilines is 1. The van der Waals surface area contributed by atoms with Gasteiger partial charge in [-0.25, -0.2) is 0 Å².